The summed E-state index contributed by atoms with van der Waals surface area (Å²) in [6.45, 7) is 3.89. The van der Waals surface area contributed by atoms with Crippen molar-refractivity contribution in [2.24, 2.45) is 0 Å². The predicted molar refractivity (Wildman–Crippen MR) is 70.3 cm³/mol. The molecule has 0 radical (unpaired) electrons. The van der Waals surface area contributed by atoms with Crippen LogP contribution >= 0.6 is 0 Å². The molecule has 1 aromatic carbocycles. The Labute approximate surface area is 105 Å². The topological polar surface area (TPSA) is 43.8 Å². The Hall–Kier alpha value is -2.28. The molecule has 1 heterocycles. The normalized spacial score (nSPS) is 10.3. The molecular formula is C14H14FN3. The summed E-state index contributed by atoms with van der Waals surface area (Å²) < 4.78 is 15.3. The van der Waals surface area contributed by atoms with E-state index in [1.54, 1.807) is 23.6 Å². The highest BCUT2D eigenvalue weighted by Crippen LogP contribution is 2.27. The molecule has 0 aliphatic rings. The number of hydrogen-bond acceptors (Lipinski definition) is 2. The number of nitrogens with zero attached hydrogens (tertiary/aromatic N) is 2. The lowest BCUT2D eigenvalue weighted by Gasteiger charge is -2.04. The van der Waals surface area contributed by atoms with Crippen LogP contribution in [0.2, 0.25) is 0 Å². The van der Waals surface area contributed by atoms with Crippen molar-refractivity contribution in [3.8, 4) is 23.6 Å². The summed E-state index contributed by atoms with van der Waals surface area (Å²) in [7, 11) is 0. The highest BCUT2D eigenvalue weighted by atomic mass is 19.1. The molecule has 92 valence electrons. The third-order valence-electron chi connectivity index (χ3n) is 2.89. The zero-order valence-corrected chi connectivity index (χ0v) is 10.4. The number of nitrogens with two attached hydrogens (primary N) is 1. The fourth-order valence-corrected chi connectivity index (χ4v) is 1.83. The van der Waals surface area contributed by atoms with E-state index >= 15 is 0 Å². The van der Waals surface area contributed by atoms with E-state index in [0.717, 1.165) is 5.82 Å². The van der Waals surface area contributed by atoms with Gasteiger partial charge in [-0.15, -0.1) is 6.42 Å². The minimum atomic E-state index is -0.268. The number of hydrogen-bond donors (Lipinski definition) is 1. The zero-order valence-electron chi connectivity index (χ0n) is 10.4. The van der Waals surface area contributed by atoms with Crippen LogP contribution in [0.5, 0.6) is 0 Å². The lowest BCUT2D eigenvalue weighted by molar-refractivity contribution is 0.619. The van der Waals surface area contributed by atoms with Gasteiger partial charge in [0.2, 0.25) is 0 Å². The van der Waals surface area contributed by atoms with Crippen molar-refractivity contribution >= 4 is 5.82 Å². The third kappa shape index (κ3) is 1.95. The maximum absolute atomic E-state index is 13.5. The van der Waals surface area contributed by atoms with Gasteiger partial charge in [-0.3, -0.25) is 0 Å². The molecule has 0 fully saturated rings. The largest absolute Gasteiger partial charge is 0.383 e. The molecule has 18 heavy (non-hydrogen) atoms. The summed E-state index contributed by atoms with van der Waals surface area (Å²) in [6.07, 6.45) is 5.28. The fraction of sp³-hybridized carbons (Fsp3) is 0.214. The number of imidazole rings is 1. The van der Waals surface area contributed by atoms with Gasteiger partial charge in [0, 0.05) is 5.56 Å². The van der Waals surface area contributed by atoms with Gasteiger partial charge in [0.25, 0.3) is 0 Å². The monoisotopic (exact) mass is 243 g/mol. The SMILES string of the molecule is C#CCn1c(C)nc(-c2ccc(C)c(F)c2)c1N. The number of aryl methyl sites for hydroxylation is 2. The predicted octanol–water partition coefficient (Wildman–Crippen LogP) is 2.52. The number of halogens is 1. The summed E-state index contributed by atoms with van der Waals surface area (Å²) in [5.41, 5.74) is 7.82. The summed E-state index contributed by atoms with van der Waals surface area (Å²) in [5.74, 6) is 3.44. The second-order valence-corrected chi connectivity index (χ2v) is 4.15. The van der Waals surface area contributed by atoms with Crippen LogP contribution in [0.25, 0.3) is 11.3 Å². The Morgan fingerprint density at radius 3 is 2.78 bits per heavy atom. The van der Waals surface area contributed by atoms with Crippen molar-refractivity contribution in [2.75, 3.05) is 5.73 Å². The Balaban J connectivity index is 2.55. The molecule has 2 aromatic rings. The number of nitrogen functional groups attached to an aromatic ring is 1. The molecule has 0 aliphatic carbocycles. The van der Waals surface area contributed by atoms with Crippen molar-refractivity contribution in [1.29, 1.82) is 0 Å². The molecule has 0 bridgehead atoms. The molecule has 1 aromatic heterocycles. The van der Waals surface area contributed by atoms with Crippen molar-refractivity contribution < 1.29 is 4.39 Å². The molecule has 0 unspecified atom stereocenters. The van der Waals surface area contributed by atoms with Gasteiger partial charge < -0.3 is 10.3 Å². The van der Waals surface area contributed by atoms with E-state index in [-0.39, 0.29) is 5.82 Å². The van der Waals surface area contributed by atoms with Crippen LogP contribution in [0.1, 0.15) is 11.4 Å². The smallest absolute Gasteiger partial charge is 0.132 e. The summed E-state index contributed by atoms with van der Waals surface area (Å²) in [5, 5.41) is 0. The second-order valence-electron chi connectivity index (χ2n) is 4.15. The maximum atomic E-state index is 13.5. The van der Waals surface area contributed by atoms with E-state index in [9.17, 15) is 4.39 Å². The molecule has 2 rings (SSSR count). The lowest BCUT2D eigenvalue weighted by Crippen LogP contribution is -2.03. The van der Waals surface area contributed by atoms with Crippen LogP contribution < -0.4 is 5.73 Å². The van der Waals surface area contributed by atoms with Crippen LogP contribution in [-0.4, -0.2) is 9.55 Å². The first-order valence-corrected chi connectivity index (χ1v) is 5.57. The highest BCUT2D eigenvalue weighted by Gasteiger charge is 2.13. The van der Waals surface area contributed by atoms with Gasteiger partial charge in [-0.1, -0.05) is 18.1 Å². The average Bonchev–Trinajstić information content (AvgIpc) is 2.61. The van der Waals surface area contributed by atoms with E-state index in [2.05, 4.69) is 10.9 Å². The van der Waals surface area contributed by atoms with Gasteiger partial charge >= 0.3 is 0 Å². The van der Waals surface area contributed by atoms with E-state index < -0.39 is 0 Å². The molecule has 0 atom stereocenters. The maximum Gasteiger partial charge on any atom is 0.132 e. The quantitative estimate of drug-likeness (QED) is 0.824. The van der Waals surface area contributed by atoms with Gasteiger partial charge in [-0.2, -0.15) is 0 Å². The molecule has 0 aliphatic heterocycles. The van der Waals surface area contributed by atoms with Crippen molar-refractivity contribution in [2.45, 2.75) is 20.4 Å². The van der Waals surface area contributed by atoms with E-state index in [1.807, 2.05) is 6.92 Å². The van der Waals surface area contributed by atoms with Gasteiger partial charge in [-0.05, 0) is 25.5 Å². The van der Waals surface area contributed by atoms with Crippen LogP contribution in [0.4, 0.5) is 10.2 Å². The number of aromatic nitrogens is 2. The van der Waals surface area contributed by atoms with Gasteiger partial charge in [0.15, 0.2) is 0 Å². The molecule has 0 saturated heterocycles. The van der Waals surface area contributed by atoms with Gasteiger partial charge in [0.1, 0.15) is 23.2 Å². The molecule has 2 N–H and O–H groups in total. The zero-order chi connectivity index (χ0) is 13.3. The minimum Gasteiger partial charge on any atom is -0.383 e. The van der Waals surface area contributed by atoms with Gasteiger partial charge in [0.05, 0.1) is 6.54 Å². The van der Waals surface area contributed by atoms with Crippen molar-refractivity contribution in [1.82, 2.24) is 9.55 Å². The van der Waals surface area contributed by atoms with E-state index in [1.165, 1.54) is 6.07 Å². The molecule has 0 spiro atoms. The molecule has 0 saturated carbocycles. The summed E-state index contributed by atoms with van der Waals surface area (Å²) in [6, 6.07) is 4.95. The Kier molecular flexibility index (Phi) is 3.07. The fourth-order valence-electron chi connectivity index (χ4n) is 1.83. The Bertz CT molecular complexity index is 635. The first-order chi connectivity index (χ1) is 8.54. The Morgan fingerprint density at radius 1 is 1.44 bits per heavy atom. The van der Waals surface area contributed by atoms with Crippen LogP contribution in [0, 0.1) is 32.0 Å². The number of anilines is 1. The number of benzene rings is 1. The first kappa shape index (κ1) is 12.2. The van der Waals surface area contributed by atoms with Crippen LogP contribution in [-0.2, 0) is 6.54 Å². The number of terminal acetylenes is 1. The lowest BCUT2D eigenvalue weighted by atomic mass is 10.1. The molecular weight excluding hydrogens is 229 g/mol. The molecule has 0 amide bonds. The standard InChI is InChI=1S/C14H14FN3/c1-4-7-18-10(3)17-13(14(18)16)11-6-5-9(2)12(15)8-11/h1,5-6,8H,7,16H2,2-3H3. The third-order valence-corrected chi connectivity index (χ3v) is 2.89. The van der Waals surface area contributed by atoms with E-state index in [0.29, 0.717) is 29.2 Å². The number of rotatable bonds is 2. The second kappa shape index (κ2) is 4.53. The van der Waals surface area contributed by atoms with Crippen molar-refractivity contribution in [3.63, 3.8) is 0 Å². The minimum absolute atomic E-state index is 0.268. The van der Waals surface area contributed by atoms with Crippen molar-refractivity contribution in [3.05, 3.63) is 35.4 Å². The van der Waals surface area contributed by atoms with Gasteiger partial charge in [-0.25, -0.2) is 9.37 Å². The average molecular weight is 243 g/mol. The Morgan fingerprint density at radius 2 is 2.17 bits per heavy atom. The summed E-state index contributed by atoms with van der Waals surface area (Å²) >= 11 is 0. The van der Waals surface area contributed by atoms with Crippen LogP contribution in [0.15, 0.2) is 18.2 Å². The highest BCUT2D eigenvalue weighted by molar-refractivity contribution is 5.71. The summed E-state index contributed by atoms with van der Waals surface area (Å²) in [4.78, 5) is 4.35. The van der Waals surface area contributed by atoms with Crippen LogP contribution in [0.3, 0.4) is 0 Å². The molecule has 3 nitrogen and oxygen atoms in total. The first-order valence-electron chi connectivity index (χ1n) is 5.57. The molecule has 4 heteroatoms. The van der Waals surface area contributed by atoms with E-state index in [4.69, 9.17) is 12.2 Å².